The summed E-state index contributed by atoms with van der Waals surface area (Å²) in [7, 11) is -1.08. The second kappa shape index (κ2) is 9.67. The van der Waals surface area contributed by atoms with Crippen LogP contribution in [0.5, 0.6) is 0 Å². The van der Waals surface area contributed by atoms with Gasteiger partial charge in [-0.1, -0.05) is 12.1 Å². The van der Waals surface area contributed by atoms with Crippen LogP contribution in [0.2, 0.25) is 0 Å². The van der Waals surface area contributed by atoms with Crippen molar-refractivity contribution in [1.82, 2.24) is 14.5 Å². The molecule has 0 bridgehead atoms. The second-order valence-corrected chi connectivity index (χ2v) is 13.2. The molecule has 0 saturated carbocycles. The zero-order valence-corrected chi connectivity index (χ0v) is 18.5. The normalized spacial score (nSPS) is 14.0. The summed E-state index contributed by atoms with van der Waals surface area (Å²) in [5.41, 5.74) is 5.67. The third kappa shape index (κ3) is 5.54. The molecule has 152 valence electrons. The van der Waals surface area contributed by atoms with Crippen molar-refractivity contribution in [3.05, 3.63) is 83.7 Å². The first kappa shape index (κ1) is 20.3. The SMILES string of the molecule is C[P+](CCc1ccccn1)(CCc1ccccn1)CCn1ccc2c1CCCC2. The molecule has 3 nitrogen and oxygen atoms in total. The average molecular weight is 407 g/mol. The van der Waals surface area contributed by atoms with Gasteiger partial charge in [0.15, 0.2) is 0 Å². The first-order valence-corrected chi connectivity index (χ1v) is 13.8. The minimum Gasteiger partial charge on any atom is -0.348 e. The van der Waals surface area contributed by atoms with Gasteiger partial charge >= 0.3 is 0 Å². The Kier molecular flexibility index (Phi) is 6.77. The Balaban J connectivity index is 1.43. The largest absolute Gasteiger partial charge is 0.348 e. The maximum atomic E-state index is 4.57. The molecule has 1 aliphatic rings. The Morgan fingerprint density at radius 3 is 2.10 bits per heavy atom. The molecular formula is C25H33N3P+. The summed E-state index contributed by atoms with van der Waals surface area (Å²) in [6, 6.07) is 14.9. The molecule has 0 spiro atoms. The van der Waals surface area contributed by atoms with Gasteiger partial charge in [0.1, 0.15) is 0 Å². The highest BCUT2D eigenvalue weighted by Gasteiger charge is 2.31. The van der Waals surface area contributed by atoms with Crippen LogP contribution in [0, 0.1) is 0 Å². The summed E-state index contributed by atoms with van der Waals surface area (Å²) in [5.74, 6) is 0. The van der Waals surface area contributed by atoms with Crippen molar-refractivity contribution in [2.45, 2.75) is 45.1 Å². The zero-order chi connectivity index (χ0) is 19.9. The fourth-order valence-corrected chi connectivity index (χ4v) is 7.35. The van der Waals surface area contributed by atoms with E-state index < -0.39 is 7.26 Å². The third-order valence-electron chi connectivity index (χ3n) is 6.43. The van der Waals surface area contributed by atoms with E-state index in [1.807, 2.05) is 24.5 Å². The molecular weight excluding hydrogens is 373 g/mol. The van der Waals surface area contributed by atoms with Gasteiger partial charge in [-0.25, -0.2) is 0 Å². The van der Waals surface area contributed by atoms with E-state index in [1.54, 1.807) is 11.3 Å². The van der Waals surface area contributed by atoms with Crippen LogP contribution >= 0.6 is 7.26 Å². The van der Waals surface area contributed by atoms with E-state index in [1.165, 1.54) is 62.1 Å². The van der Waals surface area contributed by atoms with Crippen LogP contribution in [0.15, 0.2) is 61.1 Å². The molecule has 0 amide bonds. The van der Waals surface area contributed by atoms with Gasteiger partial charge in [-0.15, -0.1) is 0 Å². The molecule has 0 aromatic carbocycles. The molecule has 3 aromatic heterocycles. The van der Waals surface area contributed by atoms with Crippen molar-refractivity contribution in [3.8, 4) is 0 Å². The summed E-state index contributed by atoms with van der Waals surface area (Å²) in [4.78, 5) is 9.14. The highest BCUT2D eigenvalue weighted by Crippen LogP contribution is 2.55. The van der Waals surface area contributed by atoms with E-state index in [0.29, 0.717) is 0 Å². The predicted octanol–water partition coefficient (Wildman–Crippen LogP) is 5.29. The minimum absolute atomic E-state index is 1.08. The average Bonchev–Trinajstić information content (AvgIpc) is 3.20. The molecule has 0 fully saturated rings. The van der Waals surface area contributed by atoms with E-state index in [4.69, 9.17) is 0 Å². The molecule has 3 heterocycles. The maximum absolute atomic E-state index is 4.57. The number of hydrogen-bond acceptors (Lipinski definition) is 2. The smallest absolute Gasteiger partial charge is 0.0770 e. The molecule has 0 N–H and O–H groups in total. The molecule has 0 radical (unpaired) electrons. The maximum Gasteiger partial charge on any atom is 0.0770 e. The standard InChI is InChI=1S/C25H33N3P/c1-29(19-13-23-9-4-6-15-26-23,20-14-24-10-5-7-16-27-24)21-18-28-17-12-22-8-2-3-11-25(22)28/h4-7,9-10,12,15-17H,2-3,8,11,13-14,18-21H2,1H3/q+1. The highest BCUT2D eigenvalue weighted by atomic mass is 31.2. The Bertz CT molecular complexity index is 845. The number of fused-ring (bicyclic) bond motifs is 1. The molecule has 4 rings (SSSR count). The molecule has 0 atom stereocenters. The van der Waals surface area contributed by atoms with E-state index in [0.717, 1.165) is 12.8 Å². The van der Waals surface area contributed by atoms with Crippen LogP contribution < -0.4 is 0 Å². The zero-order valence-electron chi connectivity index (χ0n) is 17.6. The number of aromatic nitrogens is 3. The van der Waals surface area contributed by atoms with Crippen LogP contribution in [0.4, 0.5) is 0 Å². The molecule has 0 saturated heterocycles. The van der Waals surface area contributed by atoms with Gasteiger partial charge in [0.25, 0.3) is 0 Å². The van der Waals surface area contributed by atoms with Gasteiger partial charge in [-0.2, -0.15) is 0 Å². The summed E-state index contributed by atoms with van der Waals surface area (Å²) in [6.45, 7) is 3.75. The first-order chi connectivity index (χ1) is 14.2. The van der Waals surface area contributed by atoms with Gasteiger partial charge in [-0.3, -0.25) is 9.97 Å². The van der Waals surface area contributed by atoms with E-state index >= 15 is 0 Å². The highest BCUT2D eigenvalue weighted by molar-refractivity contribution is 7.75. The van der Waals surface area contributed by atoms with Gasteiger partial charge in [0.2, 0.25) is 0 Å². The van der Waals surface area contributed by atoms with Crippen molar-refractivity contribution in [2.24, 2.45) is 0 Å². The summed E-state index contributed by atoms with van der Waals surface area (Å²) in [6.07, 6.45) is 17.5. The van der Waals surface area contributed by atoms with Crippen molar-refractivity contribution >= 4 is 7.26 Å². The summed E-state index contributed by atoms with van der Waals surface area (Å²) in [5, 5.41) is 0. The first-order valence-electron chi connectivity index (χ1n) is 11.0. The van der Waals surface area contributed by atoms with Gasteiger partial charge in [0, 0.05) is 62.4 Å². The fourth-order valence-electron chi connectivity index (χ4n) is 4.45. The van der Waals surface area contributed by atoms with Crippen molar-refractivity contribution in [1.29, 1.82) is 0 Å². The number of pyridine rings is 2. The topological polar surface area (TPSA) is 30.7 Å². The molecule has 29 heavy (non-hydrogen) atoms. The Morgan fingerprint density at radius 1 is 0.828 bits per heavy atom. The molecule has 3 aromatic rings. The lowest BCUT2D eigenvalue weighted by molar-refractivity contribution is 0.623. The summed E-state index contributed by atoms with van der Waals surface area (Å²) < 4.78 is 2.56. The van der Waals surface area contributed by atoms with Crippen LogP contribution in [-0.2, 0) is 32.2 Å². The van der Waals surface area contributed by atoms with Crippen LogP contribution in [0.3, 0.4) is 0 Å². The quantitative estimate of drug-likeness (QED) is 0.452. The molecule has 1 aliphatic carbocycles. The molecule has 0 unspecified atom stereocenters. The van der Waals surface area contributed by atoms with Gasteiger partial charge in [0.05, 0.1) is 25.0 Å². The van der Waals surface area contributed by atoms with Crippen LogP contribution in [-0.4, -0.2) is 39.7 Å². The minimum atomic E-state index is -1.08. The lowest BCUT2D eigenvalue weighted by Gasteiger charge is -2.25. The van der Waals surface area contributed by atoms with Gasteiger partial charge < -0.3 is 4.57 Å². The van der Waals surface area contributed by atoms with Crippen molar-refractivity contribution < 1.29 is 0 Å². The Hall–Kier alpha value is -1.99. The van der Waals surface area contributed by atoms with Crippen LogP contribution in [0.1, 0.15) is 35.5 Å². The monoisotopic (exact) mass is 406 g/mol. The van der Waals surface area contributed by atoms with Gasteiger partial charge in [-0.05, 0) is 61.6 Å². The molecule has 4 heteroatoms. The predicted molar refractivity (Wildman–Crippen MR) is 124 cm³/mol. The Morgan fingerprint density at radius 2 is 1.48 bits per heavy atom. The van der Waals surface area contributed by atoms with Crippen molar-refractivity contribution in [2.75, 3.05) is 25.2 Å². The number of hydrogen-bond donors (Lipinski definition) is 0. The fraction of sp³-hybridized carbons (Fsp3) is 0.440. The van der Waals surface area contributed by atoms with Crippen molar-refractivity contribution in [3.63, 3.8) is 0 Å². The van der Waals surface area contributed by atoms with E-state index in [2.05, 4.69) is 57.7 Å². The lowest BCUT2D eigenvalue weighted by atomic mass is 9.98. The number of aryl methyl sites for hydroxylation is 4. The summed E-state index contributed by atoms with van der Waals surface area (Å²) >= 11 is 0. The second-order valence-electron chi connectivity index (χ2n) is 8.62. The Labute approximate surface area is 175 Å². The van der Waals surface area contributed by atoms with Crippen LogP contribution in [0.25, 0.3) is 0 Å². The van der Waals surface area contributed by atoms with E-state index in [9.17, 15) is 0 Å². The lowest BCUT2D eigenvalue weighted by Crippen LogP contribution is -2.17. The third-order valence-corrected chi connectivity index (χ3v) is 10.3. The van der Waals surface area contributed by atoms with E-state index in [-0.39, 0.29) is 0 Å². The number of rotatable bonds is 9. The molecule has 0 aliphatic heterocycles. The number of nitrogens with zero attached hydrogens (tertiary/aromatic N) is 3.